The quantitative estimate of drug-likeness (QED) is 0.780. The molecule has 0 unspecified atom stereocenters. The Kier molecular flexibility index (Phi) is 5.46. The summed E-state index contributed by atoms with van der Waals surface area (Å²) in [5.74, 6) is 1.48. The van der Waals surface area contributed by atoms with E-state index < -0.39 is 0 Å². The number of pyridine rings is 1. The van der Waals surface area contributed by atoms with Crippen LogP contribution in [0.15, 0.2) is 41.2 Å². The maximum absolute atomic E-state index is 13.0. The summed E-state index contributed by atoms with van der Waals surface area (Å²) in [4.78, 5) is 28.9. The highest BCUT2D eigenvalue weighted by atomic mass is 16.5. The van der Waals surface area contributed by atoms with E-state index in [1.807, 2.05) is 47.8 Å². The van der Waals surface area contributed by atoms with Gasteiger partial charge in [-0.3, -0.25) is 9.59 Å². The molecule has 1 saturated heterocycles. The molecule has 2 aliphatic heterocycles. The molecule has 2 bridgehead atoms. The second-order valence-electron chi connectivity index (χ2n) is 8.49. The van der Waals surface area contributed by atoms with Gasteiger partial charge in [-0.15, -0.1) is 0 Å². The first-order valence-corrected chi connectivity index (χ1v) is 10.3. The average Bonchev–Trinajstić information content (AvgIpc) is 2.68. The van der Waals surface area contributed by atoms with Gasteiger partial charge in [-0.25, -0.2) is 0 Å². The molecule has 0 radical (unpaired) electrons. The summed E-state index contributed by atoms with van der Waals surface area (Å²) in [5.41, 5.74) is 2.90. The summed E-state index contributed by atoms with van der Waals surface area (Å²) >= 11 is 0. The molecule has 2 aromatic rings. The van der Waals surface area contributed by atoms with E-state index in [2.05, 4.69) is 11.0 Å². The minimum atomic E-state index is 0.0339. The van der Waals surface area contributed by atoms with Gasteiger partial charge in [0.05, 0.1) is 0 Å². The van der Waals surface area contributed by atoms with E-state index in [1.165, 1.54) is 0 Å². The number of carbonyl (C=O) groups excluding carboxylic acids is 1. The molecule has 6 nitrogen and oxygen atoms in total. The van der Waals surface area contributed by atoms with E-state index in [9.17, 15) is 9.59 Å². The fourth-order valence-corrected chi connectivity index (χ4v) is 4.54. The highest BCUT2D eigenvalue weighted by molar-refractivity contribution is 5.74. The van der Waals surface area contributed by atoms with Crippen molar-refractivity contribution in [3.8, 4) is 16.9 Å². The van der Waals surface area contributed by atoms with Gasteiger partial charge in [-0.05, 0) is 44.1 Å². The molecular formula is C23H29N3O3. The molecule has 2 aliphatic rings. The number of para-hydroxylation sites is 1. The molecule has 3 heterocycles. The lowest BCUT2D eigenvalue weighted by molar-refractivity contribution is -0.131. The van der Waals surface area contributed by atoms with Crippen LogP contribution in [0.1, 0.15) is 25.0 Å². The number of fused-ring (bicyclic) bond motifs is 4. The van der Waals surface area contributed by atoms with Crippen molar-refractivity contribution in [2.75, 3.05) is 40.3 Å². The Hall–Kier alpha value is -2.60. The van der Waals surface area contributed by atoms with Crippen molar-refractivity contribution >= 4 is 5.91 Å². The predicted molar refractivity (Wildman–Crippen MR) is 113 cm³/mol. The normalized spacial score (nSPS) is 20.5. The van der Waals surface area contributed by atoms with Crippen molar-refractivity contribution < 1.29 is 9.53 Å². The van der Waals surface area contributed by atoms with Crippen LogP contribution in [0.2, 0.25) is 0 Å². The fourth-order valence-electron chi connectivity index (χ4n) is 4.54. The number of amides is 1. The van der Waals surface area contributed by atoms with E-state index in [1.54, 1.807) is 13.0 Å². The standard InChI is InChI=1S/C23H29N3O3/c1-16(27)25-13-17-10-19(15-25)21-11-18(12-23(28)26(21)14-17)20-6-4-5-7-22(20)29-9-8-24(2)3/h4-7,11-12,17,19H,8-10,13-15H2,1-3H3/t17-,19+/m0/s1. The number of hydrogen-bond acceptors (Lipinski definition) is 4. The summed E-state index contributed by atoms with van der Waals surface area (Å²) in [6, 6.07) is 11.7. The van der Waals surface area contributed by atoms with Gasteiger partial charge in [0.25, 0.3) is 5.56 Å². The highest BCUT2D eigenvalue weighted by Gasteiger charge is 2.35. The summed E-state index contributed by atoms with van der Waals surface area (Å²) in [7, 11) is 4.03. The molecule has 0 aliphatic carbocycles. The molecule has 0 saturated carbocycles. The fraction of sp³-hybridized carbons (Fsp3) is 0.478. The van der Waals surface area contributed by atoms with Crippen LogP contribution in [0.25, 0.3) is 11.1 Å². The smallest absolute Gasteiger partial charge is 0.251 e. The molecule has 29 heavy (non-hydrogen) atoms. The molecule has 1 fully saturated rings. The number of likely N-dealkylation sites (N-methyl/N-ethyl adjacent to an activating group) is 1. The third kappa shape index (κ3) is 4.08. The number of piperidine rings is 1. The summed E-state index contributed by atoms with van der Waals surface area (Å²) < 4.78 is 7.92. The Morgan fingerprint density at radius 1 is 1.17 bits per heavy atom. The second-order valence-corrected chi connectivity index (χ2v) is 8.49. The van der Waals surface area contributed by atoms with Crippen molar-refractivity contribution in [2.45, 2.75) is 25.8 Å². The molecular weight excluding hydrogens is 366 g/mol. The van der Waals surface area contributed by atoms with Gasteiger partial charge >= 0.3 is 0 Å². The zero-order valence-electron chi connectivity index (χ0n) is 17.4. The minimum Gasteiger partial charge on any atom is -0.492 e. The lowest BCUT2D eigenvalue weighted by atomic mass is 9.82. The van der Waals surface area contributed by atoms with Gasteiger partial charge in [0.15, 0.2) is 0 Å². The van der Waals surface area contributed by atoms with Crippen LogP contribution in [0.4, 0.5) is 0 Å². The lowest BCUT2D eigenvalue weighted by Crippen LogP contribution is -2.48. The number of hydrogen-bond donors (Lipinski definition) is 0. The third-order valence-corrected chi connectivity index (χ3v) is 6.00. The van der Waals surface area contributed by atoms with Gasteiger partial charge in [0.1, 0.15) is 12.4 Å². The lowest BCUT2D eigenvalue weighted by Gasteiger charge is -2.42. The van der Waals surface area contributed by atoms with Crippen molar-refractivity contribution in [2.24, 2.45) is 5.92 Å². The Morgan fingerprint density at radius 3 is 2.72 bits per heavy atom. The molecule has 0 spiro atoms. The topological polar surface area (TPSA) is 54.8 Å². The SMILES string of the molecule is CC(=O)N1C[C@@H]2C[C@H](C1)c1cc(-c3ccccc3OCCN(C)C)cc(=O)n1C2. The number of nitrogens with zero attached hydrogens (tertiary/aromatic N) is 3. The van der Waals surface area contributed by atoms with Crippen molar-refractivity contribution in [3.63, 3.8) is 0 Å². The number of ether oxygens (including phenoxy) is 1. The van der Waals surface area contributed by atoms with E-state index in [4.69, 9.17) is 4.74 Å². The van der Waals surface area contributed by atoms with Crippen LogP contribution in [0.5, 0.6) is 5.75 Å². The minimum absolute atomic E-state index is 0.0339. The molecule has 2 atom stereocenters. The summed E-state index contributed by atoms with van der Waals surface area (Å²) in [6.07, 6.45) is 1.04. The van der Waals surface area contributed by atoms with Crippen LogP contribution in [-0.4, -0.2) is 60.6 Å². The van der Waals surface area contributed by atoms with E-state index in [-0.39, 0.29) is 17.4 Å². The molecule has 4 rings (SSSR count). The number of rotatable bonds is 5. The van der Waals surface area contributed by atoms with E-state index in [0.717, 1.165) is 42.1 Å². The van der Waals surface area contributed by atoms with Crippen LogP contribution in [0.3, 0.4) is 0 Å². The van der Waals surface area contributed by atoms with Crippen molar-refractivity contribution in [3.05, 3.63) is 52.4 Å². The maximum atomic E-state index is 13.0. The molecule has 1 amide bonds. The van der Waals surface area contributed by atoms with E-state index >= 15 is 0 Å². The zero-order chi connectivity index (χ0) is 20.5. The van der Waals surface area contributed by atoms with Gasteiger partial charge in [0, 0.05) is 56.3 Å². The maximum Gasteiger partial charge on any atom is 0.251 e. The Labute approximate surface area is 171 Å². The Balaban J connectivity index is 1.68. The van der Waals surface area contributed by atoms with Crippen molar-refractivity contribution in [1.29, 1.82) is 0 Å². The summed E-state index contributed by atoms with van der Waals surface area (Å²) in [6.45, 7) is 5.18. The van der Waals surface area contributed by atoms with Gasteiger partial charge in [0.2, 0.25) is 5.91 Å². The number of carbonyl (C=O) groups is 1. The van der Waals surface area contributed by atoms with Crippen LogP contribution in [0, 0.1) is 5.92 Å². The van der Waals surface area contributed by atoms with E-state index in [0.29, 0.717) is 25.6 Å². The van der Waals surface area contributed by atoms with Crippen LogP contribution < -0.4 is 10.3 Å². The highest BCUT2D eigenvalue weighted by Crippen LogP contribution is 2.38. The monoisotopic (exact) mass is 395 g/mol. The van der Waals surface area contributed by atoms with Crippen LogP contribution in [-0.2, 0) is 11.3 Å². The van der Waals surface area contributed by atoms with Crippen LogP contribution >= 0.6 is 0 Å². The zero-order valence-corrected chi connectivity index (χ0v) is 17.4. The Morgan fingerprint density at radius 2 is 1.97 bits per heavy atom. The number of aromatic nitrogens is 1. The summed E-state index contributed by atoms with van der Waals surface area (Å²) in [5, 5.41) is 0. The van der Waals surface area contributed by atoms with Gasteiger partial charge in [-0.1, -0.05) is 18.2 Å². The van der Waals surface area contributed by atoms with Gasteiger partial charge < -0.3 is 19.1 Å². The first-order valence-electron chi connectivity index (χ1n) is 10.3. The molecule has 6 heteroatoms. The Bertz CT molecular complexity index is 966. The molecule has 1 aromatic heterocycles. The number of benzene rings is 1. The largest absolute Gasteiger partial charge is 0.492 e. The molecule has 0 N–H and O–H groups in total. The average molecular weight is 396 g/mol. The number of likely N-dealkylation sites (tertiary alicyclic amines) is 1. The molecule has 154 valence electrons. The molecule has 1 aromatic carbocycles. The van der Waals surface area contributed by atoms with Gasteiger partial charge in [-0.2, -0.15) is 0 Å². The van der Waals surface area contributed by atoms with Crippen molar-refractivity contribution in [1.82, 2.24) is 14.4 Å². The third-order valence-electron chi connectivity index (χ3n) is 6.00. The first kappa shape index (κ1) is 19.7. The predicted octanol–water partition coefficient (Wildman–Crippen LogP) is 2.42. The first-order chi connectivity index (χ1) is 13.9. The second kappa shape index (κ2) is 8.03.